The molecule has 0 saturated heterocycles. The molecule has 0 aliphatic heterocycles. The molecule has 3 heteroatoms. The van der Waals surface area contributed by atoms with Crippen molar-refractivity contribution in [2.75, 3.05) is 0 Å². The predicted octanol–water partition coefficient (Wildman–Crippen LogP) is 9.18. The zero-order valence-electron chi connectivity index (χ0n) is 19.3. The molecule has 0 fully saturated rings. The smallest absolute Gasteiger partial charge is 0.123 e. The number of aromatic nitrogens is 1. The van der Waals surface area contributed by atoms with Gasteiger partial charge in [0.15, 0.2) is 0 Å². The summed E-state index contributed by atoms with van der Waals surface area (Å²) in [6.07, 6.45) is 1.90. The van der Waals surface area contributed by atoms with Gasteiger partial charge in [-0.15, -0.1) is 0 Å². The van der Waals surface area contributed by atoms with E-state index in [1.165, 1.54) is 24.3 Å². The molecule has 1 nitrogen and oxygen atoms in total. The van der Waals surface area contributed by atoms with E-state index in [2.05, 4.69) is 60.7 Å². The normalized spacial score (nSPS) is 11.1. The molecule has 36 heavy (non-hydrogen) atoms. The van der Waals surface area contributed by atoms with E-state index >= 15 is 0 Å². The van der Waals surface area contributed by atoms with E-state index in [0.717, 1.165) is 55.4 Å². The van der Waals surface area contributed by atoms with Gasteiger partial charge in [-0.05, 0) is 75.3 Å². The fourth-order valence-corrected chi connectivity index (χ4v) is 4.45. The Kier molecular flexibility index (Phi) is 5.59. The second-order valence-electron chi connectivity index (χ2n) is 8.80. The third-order valence-electron chi connectivity index (χ3n) is 6.48. The first-order valence-electron chi connectivity index (χ1n) is 11.7. The highest BCUT2D eigenvalue weighted by Gasteiger charge is 2.06. The summed E-state index contributed by atoms with van der Waals surface area (Å²) in [6.45, 7) is 0. The molecule has 0 aliphatic rings. The monoisotopic (exact) mass is 469 g/mol. The molecular weight excluding hydrogens is 448 g/mol. The molecule has 0 aliphatic carbocycles. The molecule has 172 valence electrons. The first-order chi connectivity index (χ1) is 17.6. The van der Waals surface area contributed by atoms with Crippen LogP contribution in [0.5, 0.6) is 0 Å². The fraction of sp³-hybridized carbons (Fsp3) is 0. The van der Waals surface area contributed by atoms with Crippen LogP contribution >= 0.6 is 0 Å². The van der Waals surface area contributed by atoms with Crippen molar-refractivity contribution in [2.24, 2.45) is 0 Å². The third kappa shape index (κ3) is 4.39. The molecule has 1 aromatic heterocycles. The maximum absolute atomic E-state index is 13.2. The van der Waals surface area contributed by atoms with Crippen molar-refractivity contribution in [2.45, 2.75) is 0 Å². The zero-order chi connectivity index (χ0) is 24.5. The Hall–Kier alpha value is -4.63. The molecule has 0 unspecified atom stereocenters. The second kappa shape index (κ2) is 9.20. The van der Waals surface area contributed by atoms with Crippen LogP contribution in [0.4, 0.5) is 8.78 Å². The lowest BCUT2D eigenvalue weighted by Crippen LogP contribution is -1.86. The number of halogens is 2. The van der Waals surface area contributed by atoms with Crippen molar-refractivity contribution < 1.29 is 8.78 Å². The number of hydrogen-bond donors (Lipinski definition) is 0. The minimum atomic E-state index is -0.234. The largest absolute Gasteiger partial charge is 0.256 e. The highest BCUT2D eigenvalue weighted by molar-refractivity contribution is 5.88. The summed E-state index contributed by atoms with van der Waals surface area (Å²) in [7, 11) is 0. The third-order valence-corrected chi connectivity index (χ3v) is 6.48. The van der Waals surface area contributed by atoms with Crippen molar-refractivity contribution in [1.82, 2.24) is 4.98 Å². The number of benzene rings is 5. The summed E-state index contributed by atoms with van der Waals surface area (Å²) in [5.74, 6) is -0.466. The van der Waals surface area contributed by atoms with Crippen LogP contribution in [0.25, 0.3) is 55.4 Å². The van der Waals surface area contributed by atoms with Crippen LogP contribution in [0.3, 0.4) is 0 Å². The van der Waals surface area contributed by atoms with Gasteiger partial charge in [0.2, 0.25) is 0 Å². The van der Waals surface area contributed by atoms with Gasteiger partial charge in [-0.1, -0.05) is 84.9 Å². The average Bonchev–Trinajstić information content (AvgIpc) is 2.94. The van der Waals surface area contributed by atoms with Gasteiger partial charge in [0.25, 0.3) is 0 Å². The van der Waals surface area contributed by atoms with Gasteiger partial charge in [-0.3, -0.25) is 4.98 Å². The molecule has 5 aromatic carbocycles. The minimum absolute atomic E-state index is 0.232. The van der Waals surface area contributed by atoms with Crippen molar-refractivity contribution in [3.63, 3.8) is 0 Å². The molecule has 6 aromatic rings. The number of rotatable bonds is 4. The van der Waals surface area contributed by atoms with E-state index in [9.17, 15) is 8.78 Å². The van der Waals surface area contributed by atoms with Crippen LogP contribution in [0.2, 0.25) is 0 Å². The number of hydrogen-bond acceptors (Lipinski definition) is 1. The van der Waals surface area contributed by atoms with Crippen LogP contribution in [0.15, 0.2) is 128 Å². The van der Waals surface area contributed by atoms with Crippen LogP contribution in [-0.4, -0.2) is 4.98 Å². The standard InChI is InChI=1S/C33H21F2N/c34-31-15-11-24(12-16-31)22-1-5-26(6-2-22)28-9-10-29-19-30(21-36-33(29)20-28)27-7-3-23(4-8-27)25-13-17-32(35)18-14-25/h1-21H. The molecule has 0 amide bonds. The highest BCUT2D eigenvalue weighted by atomic mass is 19.1. The van der Waals surface area contributed by atoms with E-state index in [1.54, 1.807) is 24.3 Å². The summed E-state index contributed by atoms with van der Waals surface area (Å²) in [5.41, 5.74) is 9.32. The lowest BCUT2D eigenvalue weighted by Gasteiger charge is -2.08. The summed E-state index contributed by atoms with van der Waals surface area (Å²) >= 11 is 0. The van der Waals surface area contributed by atoms with Crippen LogP contribution < -0.4 is 0 Å². The van der Waals surface area contributed by atoms with Crippen molar-refractivity contribution >= 4 is 10.9 Å². The van der Waals surface area contributed by atoms with Gasteiger partial charge in [-0.25, -0.2) is 8.78 Å². The van der Waals surface area contributed by atoms with Gasteiger partial charge < -0.3 is 0 Å². The number of nitrogens with zero attached hydrogens (tertiary/aromatic N) is 1. The zero-order valence-corrected chi connectivity index (χ0v) is 19.3. The van der Waals surface area contributed by atoms with Crippen LogP contribution in [0, 0.1) is 11.6 Å². The Balaban J connectivity index is 1.25. The maximum Gasteiger partial charge on any atom is 0.123 e. The molecule has 6 rings (SSSR count). The topological polar surface area (TPSA) is 12.9 Å². The Morgan fingerprint density at radius 1 is 0.361 bits per heavy atom. The van der Waals surface area contributed by atoms with Gasteiger partial charge in [0.05, 0.1) is 5.52 Å². The highest BCUT2D eigenvalue weighted by Crippen LogP contribution is 2.30. The van der Waals surface area contributed by atoms with E-state index < -0.39 is 0 Å². The van der Waals surface area contributed by atoms with Crippen LogP contribution in [-0.2, 0) is 0 Å². The lowest BCUT2D eigenvalue weighted by atomic mass is 9.98. The molecular formula is C33H21F2N. The molecule has 0 N–H and O–H groups in total. The summed E-state index contributed by atoms with van der Waals surface area (Å²) in [4.78, 5) is 4.73. The van der Waals surface area contributed by atoms with E-state index in [-0.39, 0.29) is 11.6 Å². The molecule has 1 heterocycles. The molecule has 0 atom stereocenters. The molecule has 0 spiro atoms. The summed E-state index contributed by atoms with van der Waals surface area (Å²) in [6, 6.07) is 38.0. The Morgan fingerprint density at radius 2 is 0.722 bits per heavy atom. The Bertz CT molecular complexity index is 1520. The Labute approximate surface area is 208 Å². The van der Waals surface area contributed by atoms with Crippen molar-refractivity contribution in [1.29, 1.82) is 0 Å². The molecule has 0 radical (unpaired) electrons. The lowest BCUT2D eigenvalue weighted by molar-refractivity contribution is 0.627. The average molecular weight is 470 g/mol. The van der Waals surface area contributed by atoms with Crippen molar-refractivity contribution in [3.05, 3.63) is 139 Å². The molecule has 0 saturated carbocycles. The fourth-order valence-electron chi connectivity index (χ4n) is 4.45. The summed E-state index contributed by atoms with van der Waals surface area (Å²) < 4.78 is 26.4. The minimum Gasteiger partial charge on any atom is -0.256 e. The number of fused-ring (bicyclic) bond motifs is 1. The predicted molar refractivity (Wildman–Crippen MR) is 143 cm³/mol. The first kappa shape index (κ1) is 21.9. The van der Waals surface area contributed by atoms with E-state index in [1.807, 2.05) is 18.3 Å². The first-order valence-corrected chi connectivity index (χ1v) is 11.7. The van der Waals surface area contributed by atoms with Gasteiger partial charge in [0, 0.05) is 17.1 Å². The Morgan fingerprint density at radius 3 is 1.19 bits per heavy atom. The van der Waals surface area contributed by atoms with Crippen molar-refractivity contribution in [3.8, 4) is 44.5 Å². The summed E-state index contributed by atoms with van der Waals surface area (Å²) in [5, 5.41) is 1.07. The quantitative estimate of drug-likeness (QED) is 0.251. The van der Waals surface area contributed by atoms with Gasteiger partial charge in [-0.2, -0.15) is 0 Å². The maximum atomic E-state index is 13.2. The van der Waals surface area contributed by atoms with Crippen LogP contribution in [0.1, 0.15) is 0 Å². The van der Waals surface area contributed by atoms with Gasteiger partial charge in [0.1, 0.15) is 11.6 Å². The molecule has 0 bridgehead atoms. The SMILES string of the molecule is Fc1ccc(-c2ccc(-c3cnc4cc(-c5ccc(-c6ccc(F)cc6)cc5)ccc4c3)cc2)cc1. The number of pyridine rings is 1. The van der Waals surface area contributed by atoms with E-state index in [4.69, 9.17) is 4.98 Å². The second-order valence-corrected chi connectivity index (χ2v) is 8.80. The van der Waals surface area contributed by atoms with E-state index in [0.29, 0.717) is 0 Å². The van der Waals surface area contributed by atoms with Gasteiger partial charge >= 0.3 is 0 Å².